The largest absolute Gasteiger partial charge is 0.316 e. The van der Waals surface area contributed by atoms with Gasteiger partial charge in [0.1, 0.15) is 0 Å². The SMILES string of the molecule is NC(N)CCCCCC(=O)C(=O)CCCCCC(N)N. The maximum Gasteiger partial charge on any atom is 0.198 e. The first kappa shape index (κ1) is 19.2. The van der Waals surface area contributed by atoms with Crippen molar-refractivity contribution in [1.29, 1.82) is 0 Å². The van der Waals surface area contributed by atoms with Gasteiger partial charge in [0.2, 0.25) is 0 Å². The minimum atomic E-state index is -0.283. The molecule has 0 aromatic carbocycles. The van der Waals surface area contributed by atoms with Gasteiger partial charge in [-0.2, -0.15) is 0 Å². The van der Waals surface area contributed by atoms with Crippen LogP contribution >= 0.6 is 0 Å². The molecule has 0 rings (SSSR count). The number of hydrogen-bond acceptors (Lipinski definition) is 6. The first-order valence-corrected chi connectivity index (χ1v) is 7.52. The molecule has 0 radical (unpaired) electrons. The van der Waals surface area contributed by atoms with Crippen molar-refractivity contribution in [2.75, 3.05) is 0 Å². The number of ketones is 2. The third kappa shape index (κ3) is 12.2. The molecule has 118 valence electrons. The standard InChI is InChI=1S/C14H30N4O2/c15-13(16)9-5-1-3-7-11(19)12(20)8-4-2-6-10-14(17)18/h13-14H,1-10,15-18H2. The number of rotatable bonds is 13. The van der Waals surface area contributed by atoms with Gasteiger partial charge in [-0.25, -0.2) is 0 Å². The van der Waals surface area contributed by atoms with Crippen LogP contribution in [0, 0.1) is 0 Å². The highest BCUT2D eigenvalue weighted by Gasteiger charge is 2.12. The summed E-state index contributed by atoms with van der Waals surface area (Å²) < 4.78 is 0. The molecule has 6 heteroatoms. The molecule has 8 N–H and O–H groups in total. The summed E-state index contributed by atoms with van der Waals surface area (Å²) in [5.41, 5.74) is 21.7. The van der Waals surface area contributed by atoms with Gasteiger partial charge in [0.05, 0.1) is 12.3 Å². The number of carbonyl (C=O) groups excluding carboxylic acids is 2. The molecule has 0 amide bonds. The third-order valence-corrected chi connectivity index (χ3v) is 3.19. The second-order valence-electron chi connectivity index (χ2n) is 5.37. The molecule has 0 heterocycles. The van der Waals surface area contributed by atoms with Gasteiger partial charge >= 0.3 is 0 Å². The second-order valence-corrected chi connectivity index (χ2v) is 5.37. The average Bonchev–Trinajstić information content (AvgIpc) is 2.36. The molecule has 0 aliphatic heterocycles. The lowest BCUT2D eigenvalue weighted by Crippen LogP contribution is -2.29. The highest BCUT2D eigenvalue weighted by molar-refractivity contribution is 6.37. The molecule has 0 spiro atoms. The van der Waals surface area contributed by atoms with E-state index in [4.69, 9.17) is 22.9 Å². The van der Waals surface area contributed by atoms with Crippen molar-refractivity contribution in [2.45, 2.75) is 76.5 Å². The predicted molar refractivity (Wildman–Crippen MR) is 80.5 cm³/mol. The summed E-state index contributed by atoms with van der Waals surface area (Å²) >= 11 is 0. The smallest absolute Gasteiger partial charge is 0.198 e. The van der Waals surface area contributed by atoms with Gasteiger partial charge in [0.25, 0.3) is 0 Å². The third-order valence-electron chi connectivity index (χ3n) is 3.19. The first-order chi connectivity index (χ1) is 9.43. The van der Waals surface area contributed by atoms with Gasteiger partial charge in [0.15, 0.2) is 11.6 Å². The molecule has 0 bridgehead atoms. The lowest BCUT2D eigenvalue weighted by Gasteiger charge is -2.05. The summed E-state index contributed by atoms with van der Waals surface area (Å²) in [5, 5.41) is 0. The molecule has 0 aliphatic carbocycles. The summed E-state index contributed by atoms with van der Waals surface area (Å²) in [4.78, 5) is 23.1. The summed E-state index contributed by atoms with van der Waals surface area (Å²) in [6.45, 7) is 0. The van der Waals surface area contributed by atoms with E-state index < -0.39 is 0 Å². The van der Waals surface area contributed by atoms with Crippen molar-refractivity contribution >= 4 is 11.6 Å². The Hall–Kier alpha value is -0.820. The van der Waals surface area contributed by atoms with Crippen LogP contribution in [0.3, 0.4) is 0 Å². The van der Waals surface area contributed by atoms with E-state index in [1.54, 1.807) is 0 Å². The Bertz CT molecular complexity index is 252. The molecule has 0 unspecified atom stereocenters. The van der Waals surface area contributed by atoms with E-state index >= 15 is 0 Å². The van der Waals surface area contributed by atoms with E-state index in [1.165, 1.54) is 0 Å². The zero-order valence-electron chi connectivity index (χ0n) is 12.4. The van der Waals surface area contributed by atoms with E-state index in [9.17, 15) is 9.59 Å². The first-order valence-electron chi connectivity index (χ1n) is 7.52. The topological polar surface area (TPSA) is 138 Å². The van der Waals surface area contributed by atoms with Crippen LogP contribution in [-0.4, -0.2) is 23.9 Å². The minimum absolute atomic E-state index is 0.252. The lowest BCUT2D eigenvalue weighted by molar-refractivity contribution is -0.136. The van der Waals surface area contributed by atoms with Gasteiger partial charge in [-0.3, -0.25) is 9.59 Å². The van der Waals surface area contributed by atoms with E-state index in [-0.39, 0.29) is 23.9 Å². The van der Waals surface area contributed by atoms with E-state index in [0.29, 0.717) is 12.8 Å². The lowest BCUT2D eigenvalue weighted by atomic mass is 10.0. The Morgan fingerprint density at radius 1 is 0.600 bits per heavy atom. The van der Waals surface area contributed by atoms with Crippen molar-refractivity contribution < 1.29 is 9.59 Å². The van der Waals surface area contributed by atoms with Crippen molar-refractivity contribution in [3.05, 3.63) is 0 Å². The van der Waals surface area contributed by atoms with Crippen LogP contribution < -0.4 is 22.9 Å². The summed E-state index contributed by atoms with van der Waals surface area (Å²) in [6.07, 6.45) is 6.67. The van der Waals surface area contributed by atoms with Crippen molar-refractivity contribution in [3.63, 3.8) is 0 Å². The molecule has 0 aromatic heterocycles. The monoisotopic (exact) mass is 286 g/mol. The van der Waals surface area contributed by atoms with Crippen LogP contribution in [0.15, 0.2) is 0 Å². The van der Waals surface area contributed by atoms with E-state index in [0.717, 1.165) is 51.4 Å². The van der Waals surface area contributed by atoms with Crippen LogP contribution in [0.1, 0.15) is 64.2 Å². The van der Waals surface area contributed by atoms with E-state index in [2.05, 4.69) is 0 Å². The Kier molecular flexibility index (Phi) is 11.5. The molecular weight excluding hydrogens is 256 g/mol. The van der Waals surface area contributed by atoms with Gasteiger partial charge < -0.3 is 22.9 Å². The summed E-state index contributed by atoms with van der Waals surface area (Å²) in [5.74, 6) is -0.504. The molecule has 0 atom stereocenters. The zero-order chi connectivity index (χ0) is 15.4. The average molecular weight is 286 g/mol. The van der Waals surface area contributed by atoms with Crippen molar-refractivity contribution in [3.8, 4) is 0 Å². The van der Waals surface area contributed by atoms with Gasteiger partial charge in [-0.05, 0) is 25.7 Å². The van der Waals surface area contributed by atoms with Crippen LogP contribution in [-0.2, 0) is 9.59 Å². The van der Waals surface area contributed by atoms with Crippen LogP contribution in [0.5, 0.6) is 0 Å². The number of Topliss-reactive ketones (excluding diaryl/α,β-unsaturated/α-hetero) is 2. The number of hydrogen-bond donors (Lipinski definition) is 4. The normalized spacial score (nSPS) is 11.3. The number of unbranched alkanes of at least 4 members (excludes halogenated alkanes) is 4. The summed E-state index contributed by atoms with van der Waals surface area (Å²) in [7, 11) is 0. The molecular formula is C14H30N4O2. The van der Waals surface area contributed by atoms with Gasteiger partial charge in [-0.15, -0.1) is 0 Å². The van der Waals surface area contributed by atoms with Gasteiger partial charge in [0, 0.05) is 12.8 Å². The highest BCUT2D eigenvalue weighted by atomic mass is 16.2. The zero-order valence-corrected chi connectivity index (χ0v) is 12.4. The second kappa shape index (κ2) is 12.0. The maximum atomic E-state index is 11.6. The maximum absolute atomic E-state index is 11.6. The number of nitrogens with two attached hydrogens (primary N) is 4. The molecule has 0 fully saturated rings. The van der Waals surface area contributed by atoms with Crippen LogP contribution in [0.4, 0.5) is 0 Å². The Morgan fingerprint density at radius 3 is 1.25 bits per heavy atom. The van der Waals surface area contributed by atoms with Crippen LogP contribution in [0.25, 0.3) is 0 Å². The Labute approximate surface area is 121 Å². The molecule has 0 saturated heterocycles. The molecule has 6 nitrogen and oxygen atoms in total. The predicted octanol–water partition coefficient (Wildman–Crippen LogP) is 0.513. The molecule has 0 aromatic rings. The fraction of sp³-hybridized carbons (Fsp3) is 0.857. The fourth-order valence-electron chi connectivity index (χ4n) is 1.96. The minimum Gasteiger partial charge on any atom is -0.316 e. The highest BCUT2D eigenvalue weighted by Crippen LogP contribution is 2.08. The Morgan fingerprint density at radius 2 is 0.950 bits per heavy atom. The van der Waals surface area contributed by atoms with Gasteiger partial charge in [-0.1, -0.05) is 25.7 Å². The van der Waals surface area contributed by atoms with Crippen molar-refractivity contribution in [1.82, 2.24) is 0 Å². The molecule has 0 aliphatic rings. The number of carbonyl (C=O) groups is 2. The Balaban J connectivity index is 3.49. The molecule has 0 saturated carbocycles. The van der Waals surface area contributed by atoms with Crippen molar-refractivity contribution in [2.24, 2.45) is 22.9 Å². The van der Waals surface area contributed by atoms with E-state index in [1.807, 2.05) is 0 Å². The quantitative estimate of drug-likeness (QED) is 0.221. The fourth-order valence-corrected chi connectivity index (χ4v) is 1.96. The summed E-state index contributed by atoms with van der Waals surface area (Å²) in [6, 6.07) is 0. The van der Waals surface area contributed by atoms with Crippen LogP contribution in [0.2, 0.25) is 0 Å². The molecule has 20 heavy (non-hydrogen) atoms.